The molecule has 164 valence electrons. The van der Waals surface area contributed by atoms with Crippen LogP contribution in [0.15, 0.2) is 42.0 Å². The number of carbonyl (C=O) groups is 1. The molecular weight excluding hydrogens is 382 g/mol. The van der Waals surface area contributed by atoms with E-state index in [1.807, 2.05) is 30.3 Å². The number of hydrogen-bond acceptors (Lipinski definition) is 6. The summed E-state index contributed by atoms with van der Waals surface area (Å²) in [6.45, 7) is 7.20. The van der Waals surface area contributed by atoms with Crippen LogP contribution in [-0.4, -0.2) is 55.7 Å². The summed E-state index contributed by atoms with van der Waals surface area (Å²) in [5, 5.41) is 3.11. The van der Waals surface area contributed by atoms with Crippen LogP contribution in [0.5, 0.6) is 0 Å². The number of carbonyl (C=O) groups excluding carboxylic acids is 1. The second kappa shape index (κ2) is 8.33. The van der Waals surface area contributed by atoms with Crippen LogP contribution in [0.1, 0.15) is 40.0 Å². The Bertz CT molecular complexity index is 786. The number of epoxide rings is 2. The van der Waals surface area contributed by atoms with E-state index < -0.39 is 0 Å². The van der Waals surface area contributed by atoms with Crippen molar-refractivity contribution in [1.29, 1.82) is 0 Å². The summed E-state index contributed by atoms with van der Waals surface area (Å²) in [5.74, 6) is -0.237. The average Bonchev–Trinajstić information content (AvgIpc) is 3.64. The minimum Gasteiger partial charge on any atom is -0.458 e. The fraction of sp³-hybridized carbons (Fsp3) is 0.625. The maximum atomic E-state index is 12.5. The van der Waals surface area contributed by atoms with Crippen molar-refractivity contribution >= 4 is 11.7 Å². The lowest BCUT2D eigenvalue weighted by Gasteiger charge is -2.42. The quantitative estimate of drug-likeness (QED) is 0.396. The molecule has 0 amide bonds. The largest absolute Gasteiger partial charge is 0.458 e. The molecule has 6 heteroatoms. The second-order valence-electron chi connectivity index (χ2n) is 9.13. The number of nitrogens with one attached hydrogen (secondary N) is 1. The van der Waals surface area contributed by atoms with E-state index in [1.165, 1.54) is 5.57 Å². The van der Waals surface area contributed by atoms with Crippen molar-refractivity contribution in [2.24, 2.45) is 5.92 Å². The lowest BCUT2D eigenvalue weighted by molar-refractivity contribution is -0.170. The zero-order valence-electron chi connectivity index (χ0n) is 18.4. The number of para-hydroxylation sites is 1. The van der Waals surface area contributed by atoms with Gasteiger partial charge in [0.1, 0.15) is 30.0 Å². The summed E-state index contributed by atoms with van der Waals surface area (Å²) >= 11 is 0. The van der Waals surface area contributed by atoms with Crippen molar-refractivity contribution in [3.05, 3.63) is 42.0 Å². The van der Waals surface area contributed by atoms with Gasteiger partial charge in [-0.1, -0.05) is 29.8 Å². The second-order valence-corrected chi connectivity index (χ2v) is 9.13. The highest BCUT2D eigenvalue weighted by atomic mass is 16.6. The average molecular weight is 416 g/mol. The fourth-order valence-corrected chi connectivity index (χ4v) is 5.01. The molecule has 2 aliphatic heterocycles. The highest BCUT2D eigenvalue weighted by molar-refractivity contribution is 5.75. The van der Waals surface area contributed by atoms with E-state index in [0.29, 0.717) is 0 Å². The molecule has 6 atom stereocenters. The van der Waals surface area contributed by atoms with Gasteiger partial charge in [0.2, 0.25) is 0 Å². The van der Waals surface area contributed by atoms with Crippen LogP contribution in [0, 0.1) is 5.92 Å². The molecule has 2 saturated heterocycles. The molecule has 1 N–H and O–H groups in total. The number of allylic oxidation sites excluding steroid dienone is 1. The van der Waals surface area contributed by atoms with Gasteiger partial charge in [-0.3, -0.25) is 4.79 Å². The Balaban J connectivity index is 1.41. The number of esters is 1. The van der Waals surface area contributed by atoms with Crippen LogP contribution in [0.3, 0.4) is 0 Å². The first kappa shape index (κ1) is 21.3. The highest BCUT2D eigenvalue weighted by Gasteiger charge is 2.72. The minimum absolute atomic E-state index is 0.0409. The highest BCUT2D eigenvalue weighted by Crippen LogP contribution is 2.59. The van der Waals surface area contributed by atoms with E-state index in [2.05, 4.69) is 32.2 Å². The Labute approximate surface area is 178 Å². The maximum absolute atomic E-state index is 12.5. The molecule has 4 rings (SSSR count). The van der Waals surface area contributed by atoms with Gasteiger partial charge in [0, 0.05) is 12.8 Å². The van der Waals surface area contributed by atoms with E-state index >= 15 is 0 Å². The summed E-state index contributed by atoms with van der Waals surface area (Å²) < 4.78 is 24.0. The van der Waals surface area contributed by atoms with Gasteiger partial charge >= 0.3 is 5.97 Å². The van der Waals surface area contributed by atoms with Crippen LogP contribution >= 0.6 is 0 Å². The van der Waals surface area contributed by atoms with Gasteiger partial charge in [-0.15, -0.1) is 0 Å². The lowest BCUT2D eigenvalue weighted by atomic mass is 9.68. The SMILES string of the molecule is CO[C@@H]1[C@H](OC(=O)CNc2ccccc2)CC[C@]2(CO2)[C@H]1[C@@]1(C)OC1CC=C(C)C. The fourth-order valence-electron chi connectivity index (χ4n) is 5.01. The topological polar surface area (TPSA) is 72.6 Å². The molecule has 0 aromatic heterocycles. The summed E-state index contributed by atoms with van der Waals surface area (Å²) in [4.78, 5) is 12.5. The van der Waals surface area contributed by atoms with Gasteiger partial charge in [-0.2, -0.15) is 0 Å². The van der Waals surface area contributed by atoms with Crippen LogP contribution in [0.2, 0.25) is 0 Å². The predicted molar refractivity (Wildman–Crippen MR) is 114 cm³/mol. The third-order valence-electron chi connectivity index (χ3n) is 6.73. The zero-order valence-corrected chi connectivity index (χ0v) is 18.4. The van der Waals surface area contributed by atoms with Crippen molar-refractivity contribution in [2.45, 2.75) is 69.5 Å². The third-order valence-corrected chi connectivity index (χ3v) is 6.73. The van der Waals surface area contributed by atoms with Gasteiger partial charge in [0.25, 0.3) is 0 Å². The van der Waals surface area contributed by atoms with E-state index in [-0.39, 0.29) is 47.9 Å². The molecule has 1 aliphatic carbocycles. The van der Waals surface area contributed by atoms with Crippen molar-refractivity contribution in [1.82, 2.24) is 0 Å². The molecular formula is C24H33NO5. The first-order chi connectivity index (χ1) is 14.4. The van der Waals surface area contributed by atoms with Crippen LogP contribution in [-0.2, 0) is 23.7 Å². The number of ether oxygens (including phenoxy) is 4. The molecule has 1 unspecified atom stereocenters. The molecule has 1 saturated carbocycles. The Hall–Kier alpha value is -1.89. The molecule has 30 heavy (non-hydrogen) atoms. The standard InChI is InChI=1S/C24H33NO5/c1-16(2)10-11-19-23(3,30-19)22-21(27-4)18(12-13-24(22)15-28-24)29-20(26)14-25-17-8-6-5-7-9-17/h5-10,18-19,21-22,25H,11-15H2,1-4H3/t18-,19?,21-,22-,23+,24+/m1/s1. The van der Waals surface area contributed by atoms with E-state index in [9.17, 15) is 4.79 Å². The first-order valence-electron chi connectivity index (χ1n) is 10.8. The Morgan fingerprint density at radius 2 is 2.03 bits per heavy atom. The first-order valence-corrected chi connectivity index (χ1v) is 10.8. The van der Waals surface area contributed by atoms with E-state index in [1.54, 1.807) is 7.11 Å². The third kappa shape index (κ3) is 4.27. The summed E-state index contributed by atoms with van der Waals surface area (Å²) in [7, 11) is 1.69. The molecule has 1 aromatic carbocycles. The number of benzene rings is 1. The number of hydrogen-bond donors (Lipinski definition) is 1. The zero-order chi connectivity index (χ0) is 21.4. The minimum atomic E-state index is -0.323. The van der Waals surface area contributed by atoms with Crippen molar-refractivity contribution in [2.75, 3.05) is 25.6 Å². The summed E-state index contributed by atoms with van der Waals surface area (Å²) in [6.07, 6.45) is 4.29. The Kier molecular flexibility index (Phi) is 5.93. The van der Waals surface area contributed by atoms with Crippen molar-refractivity contribution in [3.8, 4) is 0 Å². The molecule has 1 aromatic rings. The van der Waals surface area contributed by atoms with E-state index in [0.717, 1.165) is 31.6 Å². The monoisotopic (exact) mass is 415 g/mol. The molecule has 0 radical (unpaired) electrons. The molecule has 3 fully saturated rings. The van der Waals surface area contributed by atoms with Crippen LogP contribution in [0.25, 0.3) is 0 Å². The number of rotatable bonds is 8. The van der Waals surface area contributed by atoms with Gasteiger partial charge in [0.05, 0.1) is 18.6 Å². The molecule has 6 nitrogen and oxygen atoms in total. The summed E-state index contributed by atoms with van der Waals surface area (Å²) in [5.41, 5.74) is 1.65. The molecule has 1 spiro atoms. The number of anilines is 1. The van der Waals surface area contributed by atoms with Crippen molar-refractivity contribution in [3.63, 3.8) is 0 Å². The van der Waals surface area contributed by atoms with Gasteiger partial charge in [-0.25, -0.2) is 0 Å². The summed E-state index contributed by atoms with van der Waals surface area (Å²) in [6, 6.07) is 9.65. The molecule has 3 aliphatic rings. The number of methoxy groups -OCH3 is 1. The molecule has 0 bridgehead atoms. The Morgan fingerprint density at radius 3 is 2.67 bits per heavy atom. The molecule has 2 heterocycles. The van der Waals surface area contributed by atoms with Gasteiger partial charge in [-0.05, 0) is 52.2 Å². The van der Waals surface area contributed by atoms with Gasteiger partial charge < -0.3 is 24.3 Å². The van der Waals surface area contributed by atoms with Gasteiger partial charge in [0.15, 0.2) is 0 Å². The predicted octanol–water partition coefficient (Wildman–Crippen LogP) is 3.72. The smallest absolute Gasteiger partial charge is 0.325 e. The van der Waals surface area contributed by atoms with Crippen molar-refractivity contribution < 1.29 is 23.7 Å². The Morgan fingerprint density at radius 1 is 1.30 bits per heavy atom. The maximum Gasteiger partial charge on any atom is 0.325 e. The lowest BCUT2D eigenvalue weighted by Crippen LogP contribution is -2.55. The van der Waals surface area contributed by atoms with Crippen LogP contribution < -0.4 is 5.32 Å². The normalized spacial score (nSPS) is 36.8. The van der Waals surface area contributed by atoms with E-state index in [4.69, 9.17) is 18.9 Å². The van der Waals surface area contributed by atoms with Crippen LogP contribution in [0.4, 0.5) is 5.69 Å².